The highest BCUT2D eigenvalue weighted by molar-refractivity contribution is 7.71. The molecule has 1 aromatic heterocycles. The minimum Gasteiger partial charge on any atom is -0.409 e. The van der Waals surface area contributed by atoms with Crippen molar-refractivity contribution in [1.82, 2.24) is 14.7 Å². The van der Waals surface area contributed by atoms with E-state index >= 15 is 0 Å². The van der Waals surface area contributed by atoms with Gasteiger partial charge < -0.3 is 4.42 Å². The summed E-state index contributed by atoms with van der Waals surface area (Å²) in [4.78, 5) is 2.61. The molecule has 0 unspecified atom stereocenters. The molecule has 0 amide bonds. The summed E-state index contributed by atoms with van der Waals surface area (Å²) < 4.78 is 20.3. The fourth-order valence-electron chi connectivity index (χ4n) is 2.97. The molecule has 0 radical (unpaired) electrons. The average Bonchev–Trinajstić information content (AvgIpc) is 2.96. The Morgan fingerprint density at radius 3 is 2.62 bits per heavy atom. The number of nitrogens with zero attached hydrogens (tertiary/aromatic N) is 3. The van der Waals surface area contributed by atoms with Crippen molar-refractivity contribution in [3.8, 4) is 11.5 Å². The van der Waals surface area contributed by atoms with E-state index in [2.05, 4.69) is 34.3 Å². The fraction of sp³-hybridized carbons (Fsp3) is 0.222. The van der Waals surface area contributed by atoms with Gasteiger partial charge in [-0.3, -0.25) is 4.90 Å². The molecule has 4 rings (SSSR count). The lowest BCUT2D eigenvalue weighted by Gasteiger charge is -2.28. The zero-order valence-electron chi connectivity index (χ0n) is 13.0. The lowest BCUT2D eigenvalue weighted by atomic mass is 10.0. The molecule has 24 heavy (non-hydrogen) atoms. The average molecular weight is 341 g/mol. The number of rotatable bonds is 3. The normalized spacial score (nSPS) is 14.5. The van der Waals surface area contributed by atoms with Crippen LogP contribution in [0.2, 0.25) is 0 Å². The lowest BCUT2D eigenvalue weighted by molar-refractivity contribution is 0.186. The van der Waals surface area contributed by atoms with E-state index in [9.17, 15) is 4.39 Å². The number of hydrogen-bond acceptors (Lipinski definition) is 4. The van der Waals surface area contributed by atoms with Crippen molar-refractivity contribution in [2.24, 2.45) is 0 Å². The molecular formula is C18H16FN3OS. The smallest absolute Gasteiger partial charge is 0.288 e. The van der Waals surface area contributed by atoms with Gasteiger partial charge in [-0.25, -0.2) is 9.07 Å². The van der Waals surface area contributed by atoms with Crippen LogP contribution in [-0.2, 0) is 19.6 Å². The maximum absolute atomic E-state index is 13.0. The van der Waals surface area contributed by atoms with Crippen LogP contribution in [-0.4, -0.2) is 21.2 Å². The summed E-state index contributed by atoms with van der Waals surface area (Å²) in [5, 5.41) is 4.44. The predicted molar refractivity (Wildman–Crippen MR) is 91.3 cm³/mol. The maximum atomic E-state index is 13.0. The number of aromatic nitrogens is 2. The Kier molecular flexibility index (Phi) is 4.00. The zero-order chi connectivity index (χ0) is 16.5. The third kappa shape index (κ3) is 3.02. The third-order valence-corrected chi connectivity index (χ3v) is 4.54. The van der Waals surface area contributed by atoms with Gasteiger partial charge in [0.05, 0.1) is 6.67 Å². The van der Waals surface area contributed by atoms with Gasteiger partial charge in [-0.2, -0.15) is 0 Å². The van der Waals surface area contributed by atoms with Crippen LogP contribution >= 0.6 is 12.2 Å². The molecule has 0 N–H and O–H groups in total. The van der Waals surface area contributed by atoms with Crippen LogP contribution in [0.25, 0.3) is 11.5 Å². The first-order valence-corrected chi connectivity index (χ1v) is 8.23. The Labute approximate surface area is 144 Å². The molecule has 2 aromatic carbocycles. The van der Waals surface area contributed by atoms with Gasteiger partial charge in [-0.15, -0.1) is 5.10 Å². The SMILES string of the molecule is Fc1ccc(-c2nn(CN3CCc4ccccc4C3)c(=S)o2)cc1. The van der Waals surface area contributed by atoms with E-state index < -0.39 is 0 Å². The molecule has 122 valence electrons. The van der Waals surface area contributed by atoms with Crippen LogP contribution in [0.4, 0.5) is 4.39 Å². The quantitative estimate of drug-likeness (QED) is 0.674. The highest BCUT2D eigenvalue weighted by Crippen LogP contribution is 2.21. The van der Waals surface area contributed by atoms with Gasteiger partial charge in [0.2, 0.25) is 5.89 Å². The van der Waals surface area contributed by atoms with Crippen LogP contribution in [0.15, 0.2) is 52.9 Å². The third-order valence-electron chi connectivity index (χ3n) is 4.24. The monoisotopic (exact) mass is 341 g/mol. The predicted octanol–water partition coefficient (Wildman–Crippen LogP) is 4.03. The highest BCUT2D eigenvalue weighted by Gasteiger charge is 2.17. The lowest BCUT2D eigenvalue weighted by Crippen LogP contribution is -2.32. The second kappa shape index (κ2) is 6.30. The maximum Gasteiger partial charge on any atom is 0.288 e. The van der Waals surface area contributed by atoms with Gasteiger partial charge in [0.25, 0.3) is 4.84 Å². The number of fused-ring (bicyclic) bond motifs is 1. The Morgan fingerprint density at radius 1 is 1.08 bits per heavy atom. The van der Waals surface area contributed by atoms with Gasteiger partial charge in [0.15, 0.2) is 0 Å². The zero-order valence-corrected chi connectivity index (χ0v) is 13.8. The van der Waals surface area contributed by atoms with Crippen LogP contribution in [0.1, 0.15) is 11.1 Å². The van der Waals surface area contributed by atoms with Gasteiger partial charge >= 0.3 is 0 Å². The molecule has 0 bridgehead atoms. The standard InChI is InChI=1S/C18H16FN3OS/c19-16-7-5-14(6-8-16)17-20-22(18(24)23-17)12-21-10-9-13-3-1-2-4-15(13)11-21/h1-8H,9-12H2. The molecule has 0 spiro atoms. The summed E-state index contributed by atoms with van der Waals surface area (Å²) in [5.41, 5.74) is 3.47. The molecule has 0 fully saturated rings. The van der Waals surface area contributed by atoms with Crippen molar-refractivity contribution in [3.63, 3.8) is 0 Å². The molecule has 0 saturated heterocycles. The minimum absolute atomic E-state index is 0.288. The summed E-state index contributed by atoms with van der Waals surface area (Å²) in [6, 6.07) is 14.5. The number of hydrogen-bond donors (Lipinski definition) is 0. The molecule has 1 aliphatic heterocycles. The first-order chi connectivity index (χ1) is 11.7. The number of benzene rings is 2. The van der Waals surface area contributed by atoms with Gasteiger partial charge in [-0.1, -0.05) is 24.3 Å². The Morgan fingerprint density at radius 2 is 1.83 bits per heavy atom. The molecule has 2 heterocycles. The molecule has 6 heteroatoms. The van der Waals surface area contributed by atoms with Crippen molar-refractivity contribution < 1.29 is 8.81 Å². The first kappa shape index (κ1) is 15.2. The fourth-order valence-corrected chi connectivity index (χ4v) is 3.15. The van der Waals surface area contributed by atoms with Crippen LogP contribution < -0.4 is 0 Å². The molecule has 0 saturated carbocycles. The summed E-state index contributed by atoms with van der Waals surface area (Å²) in [7, 11) is 0. The molecule has 4 nitrogen and oxygen atoms in total. The highest BCUT2D eigenvalue weighted by atomic mass is 32.1. The van der Waals surface area contributed by atoms with E-state index in [4.69, 9.17) is 16.6 Å². The largest absolute Gasteiger partial charge is 0.409 e. The molecule has 3 aromatic rings. The van der Waals surface area contributed by atoms with E-state index in [-0.39, 0.29) is 5.82 Å². The van der Waals surface area contributed by atoms with Gasteiger partial charge in [0, 0.05) is 18.7 Å². The van der Waals surface area contributed by atoms with Crippen LogP contribution in [0.5, 0.6) is 0 Å². The Hall–Kier alpha value is -2.31. The van der Waals surface area contributed by atoms with E-state index in [0.717, 1.165) is 19.5 Å². The van der Waals surface area contributed by atoms with E-state index in [1.54, 1.807) is 16.8 Å². The Balaban J connectivity index is 1.54. The topological polar surface area (TPSA) is 34.2 Å². The minimum atomic E-state index is -0.288. The molecule has 0 atom stereocenters. The summed E-state index contributed by atoms with van der Waals surface area (Å²) >= 11 is 5.28. The van der Waals surface area contributed by atoms with Gasteiger partial charge in [0.1, 0.15) is 5.82 Å². The van der Waals surface area contributed by atoms with Crippen molar-refractivity contribution in [1.29, 1.82) is 0 Å². The summed E-state index contributed by atoms with van der Waals surface area (Å²) in [5.74, 6) is 0.126. The molecule has 0 aliphatic carbocycles. The van der Waals surface area contributed by atoms with Crippen molar-refractivity contribution in [3.05, 3.63) is 70.3 Å². The summed E-state index contributed by atoms with van der Waals surface area (Å²) in [6.45, 7) is 2.41. The van der Waals surface area contributed by atoms with E-state index in [1.165, 1.54) is 23.3 Å². The van der Waals surface area contributed by atoms with Crippen molar-refractivity contribution >= 4 is 12.2 Å². The summed E-state index contributed by atoms with van der Waals surface area (Å²) in [6.07, 6.45) is 1.02. The second-order valence-corrected chi connectivity index (χ2v) is 6.24. The number of halogens is 1. The van der Waals surface area contributed by atoms with E-state index in [0.29, 0.717) is 23.0 Å². The van der Waals surface area contributed by atoms with E-state index in [1.807, 2.05) is 0 Å². The second-order valence-electron chi connectivity index (χ2n) is 5.89. The van der Waals surface area contributed by atoms with Crippen molar-refractivity contribution in [2.75, 3.05) is 6.54 Å². The Bertz CT molecular complexity index is 917. The van der Waals surface area contributed by atoms with Crippen LogP contribution in [0.3, 0.4) is 0 Å². The molecule has 1 aliphatic rings. The van der Waals surface area contributed by atoms with Gasteiger partial charge in [-0.05, 0) is 54.0 Å². The molecular weight excluding hydrogens is 325 g/mol. The van der Waals surface area contributed by atoms with Crippen molar-refractivity contribution in [2.45, 2.75) is 19.6 Å². The van der Waals surface area contributed by atoms with Crippen LogP contribution in [0, 0.1) is 10.7 Å². The first-order valence-electron chi connectivity index (χ1n) is 7.82.